The highest BCUT2D eigenvalue weighted by atomic mass is 16.2. The molecule has 1 fully saturated rings. The van der Waals surface area contributed by atoms with E-state index in [1.165, 1.54) is 0 Å². The number of hydrogen-bond acceptors (Lipinski definition) is 3. The number of nitrogens with zero attached hydrogens (tertiary/aromatic N) is 2. The van der Waals surface area contributed by atoms with Crippen molar-refractivity contribution in [2.75, 3.05) is 26.7 Å². The number of amides is 1. The molecule has 1 atom stereocenters. The van der Waals surface area contributed by atoms with Crippen molar-refractivity contribution >= 4 is 5.91 Å². The monoisotopic (exact) mass is 227 g/mol. The lowest BCUT2D eigenvalue weighted by Gasteiger charge is -2.23. The van der Waals surface area contributed by atoms with E-state index in [0.717, 1.165) is 25.9 Å². The Morgan fingerprint density at radius 2 is 2.19 bits per heavy atom. The molecule has 1 aliphatic rings. The highest BCUT2D eigenvalue weighted by Crippen LogP contribution is 2.06. The van der Waals surface area contributed by atoms with Crippen LogP contribution in [0.4, 0.5) is 0 Å². The topological polar surface area (TPSA) is 35.6 Å². The number of unbranched alkanes of at least 4 members (excludes halogenated alkanes) is 1. The first-order valence-electron chi connectivity index (χ1n) is 6.25. The molecule has 4 heteroatoms. The third-order valence-corrected chi connectivity index (χ3v) is 3.38. The second-order valence-electron chi connectivity index (χ2n) is 4.93. The van der Waals surface area contributed by atoms with Gasteiger partial charge in [0.05, 0.1) is 12.7 Å². The summed E-state index contributed by atoms with van der Waals surface area (Å²) >= 11 is 0. The minimum absolute atomic E-state index is 0.218. The molecule has 0 aromatic rings. The molecule has 4 nitrogen and oxygen atoms in total. The predicted octanol–water partition coefficient (Wildman–Crippen LogP) is 0.885. The zero-order chi connectivity index (χ0) is 12.1. The molecule has 0 aromatic carbocycles. The van der Waals surface area contributed by atoms with Crippen molar-refractivity contribution in [2.45, 2.75) is 45.8 Å². The number of carbonyl (C=O) groups excluding carboxylic acids is 1. The summed E-state index contributed by atoms with van der Waals surface area (Å²) in [5.41, 5.74) is 0. The number of carbonyl (C=O) groups is 1. The lowest BCUT2D eigenvalue weighted by molar-refractivity contribution is -0.127. The Morgan fingerprint density at radius 3 is 2.69 bits per heavy atom. The van der Waals surface area contributed by atoms with Crippen LogP contribution in [0, 0.1) is 0 Å². The molecule has 1 unspecified atom stereocenters. The highest BCUT2D eigenvalue weighted by Gasteiger charge is 2.25. The van der Waals surface area contributed by atoms with E-state index in [4.69, 9.17) is 0 Å². The molecule has 0 spiro atoms. The van der Waals surface area contributed by atoms with Crippen molar-refractivity contribution in [1.82, 2.24) is 15.1 Å². The summed E-state index contributed by atoms with van der Waals surface area (Å²) < 4.78 is 0. The average Bonchev–Trinajstić information content (AvgIpc) is 2.54. The van der Waals surface area contributed by atoms with E-state index in [1.807, 2.05) is 11.8 Å². The number of hydrogen-bond donors (Lipinski definition) is 1. The first-order valence-corrected chi connectivity index (χ1v) is 6.25. The summed E-state index contributed by atoms with van der Waals surface area (Å²) in [6, 6.07) is 0.606. The molecule has 1 amide bonds. The molecule has 0 bridgehead atoms. The van der Waals surface area contributed by atoms with Crippen LogP contribution in [0.3, 0.4) is 0 Å². The van der Waals surface area contributed by atoms with Gasteiger partial charge in [0.1, 0.15) is 0 Å². The zero-order valence-electron chi connectivity index (χ0n) is 11.0. The lowest BCUT2D eigenvalue weighted by Crippen LogP contribution is -2.36. The first-order chi connectivity index (χ1) is 7.52. The quantitative estimate of drug-likeness (QED) is 0.684. The van der Waals surface area contributed by atoms with Gasteiger partial charge >= 0.3 is 0 Å². The summed E-state index contributed by atoms with van der Waals surface area (Å²) in [6.07, 6.45) is 2.47. The second-order valence-corrected chi connectivity index (χ2v) is 4.93. The Labute approximate surface area is 99.0 Å². The molecule has 1 heterocycles. The molecule has 1 saturated heterocycles. The maximum atomic E-state index is 11.5. The summed E-state index contributed by atoms with van der Waals surface area (Å²) in [6.45, 7) is 8.96. The second kappa shape index (κ2) is 6.21. The van der Waals surface area contributed by atoms with Crippen molar-refractivity contribution in [3.63, 3.8) is 0 Å². The van der Waals surface area contributed by atoms with E-state index in [-0.39, 0.29) is 12.1 Å². The summed E-state index contributed by atoms with van der Waals surface area (Å²) in [4.78, 5) is 15.8. The Hall–Kier alpha value is -0.610. The van der Waals surface area contributed by atoms with Crippen LogP contribution in [-0.4, -0.2) is 54.6 Å². The van der Waals surface area contributed by atoms with Crippen molar-refractivity contribution in [3.05, 3.63) is 0 Å². The summed E-state index contributed by atoms with van der Waals surface area (Å²) in [5.74, 6) is 0.240. The molecule has 0 saturated carbocycles. The highest BCUT2D eigenvalue weighted by molar-refractivity contribution is 5.80. The van der Waals surface area contributed by atoms with Crippen LogP contribution in [0.25, 0.3) is 0 Å². The lowest BCUT2D eigenvalue weighted by atomic mass is 10.2. The fraction of sp³-hybridized carbons (Fsp3) is 0.917. The van der Waals surface area contributed by atoms with E-state index in [2.05, 4.69) is 31.1 Å². The van der Waals surface area contributed by atoms with E-state index < -0.39 is 0 Å². The van der Waals surface area contributed by atoms with Gasteiger partial charge < -0.3 is 9.80 Å². The van der Waals surface area contributed by atoms with Crippen molar-refractivity contribution in [3.8, 4) is 0 Å². The largest absolute Gasteiger partial charge is 0.326 e. The Balaban J connectivity index is 2.13. The van der Waals surface area contributed by atoms with Crippen molar-refractivity contribution < 1.29 is 4.79 Å². The minimum atomic E-state index is 0.218. The van der Waals surface area contributed by atoms with Crippen molar-refractivity contribution in [2.24, 2.45) is 0 Å². The molecule has 0 radical (unpaired) electrons. The summed E-state index contributed by atoms with van der Waals surface area (Å²) in [7, 11) is 2.15. The molecule has 1 rings (SSSR count). The Bertz CT molecular complexity index is 230. The van der Waals surface area contributed by atoms with Gasteiger partial charge in [0.2, 0.25) is 5.91 Å². The van der Waals surface area contributed by atoms with Gasteiger partial charge in [-0.15, -0.1) is 0 Å². The molecule has 16 heavy (non-hydrogen) atoms. The van der Waals surface area contributed by atoms with Crippen LogP contribution in [0.5, 0.6) is 0 Å². The Morgan fingerprint density at radius 1 is 1.50 bits per heavy atom. The molecule has 0 aromatic heterocycles. The molecule has 1 aliphatic heterocycles. The van der Waals surface area contributed by atoms with Crippen molar-refractivity contribution in [1.29, 1.82) is 0 Å². The van der Waals surface area contributed by atoms with Gasteiger partial charge in [-0.25, -0.2) is 0 Å². The van der Waals surface area contributed by atoms with Crippen LogP contribution < -0.4 is 5.32 Å². The normalized spacial score (nSPS) is 21.5. The molecular weight excluding hydrogens is 202 g/mol. The molecular formula is C12H25N3O. The standard InChI is InChI=1S/C12H25N3O/c1-10(2)14(4)7-5-6-8-15-11(3)13-9-12(15)16/h10-11,13H,5-9H2,1-4H3. The maximum Gasteiger partial charge on any atom is 0.237 e. The molecule has 0 aliphatic carbocycles. The average molecular weight is 227 g/mol. The minimum Gasteiger partial charge on any atom is -0.326 e. The smallest absolute Gasteiger partial charge is 0.237 e. The van der Waals surface area contributed by atoms with E-state index in [1.54, 1.807) is 0 Å². The van der Waals surface area contributed by atoms with Gasteiger partial charge in [-0.05, 0) is 47.2 Å². The number of rotatable bonds is 6. The SMILES string of the molecule is CC(C)N(C)CCCCN1C(=O)CNC1C. The van der Waals surface area contributed by atoms with E-state index in [0.29, 0.717) is 12.6 Å². The molecule has 94 valence electrons. The number of nitrogens with one attached hydrogen (secondary N) is 1. The maximum absolute atomic E-state index is 11.5. The van der Waals surface area contributed by atoms with Gasteiger partial charge in [0.15, 0.2) is 0 Å². The molecule has 1 N–H and O–H groups in total. The third-order valence-electron chi connectivity index (χ3n) is 3.38. The van der Waals surface area contributed by atoms with Gasteiger partial charge in [0.25, 0.3) is 0 Å². The van der Waals surface area contributed by atoms with Crippen LogP contribution in [0.1, 0.15) is 33.6 Å². The van der Waals surface area contributed by atoms with Crippen LogP contribution >= 0.6 is 0 Å². The Kier molecular flexibility index (Phi) is 5.22. The van der Waals surface area contributed by atoms with Gasteiger partial charge in [0, 0.05) is 12.6 Å². The fourth-order valence-corrected chi connectivity index (χ4v) is 1.88. The van der Waals surface area contributed by atoms with Gasteiger partial charge in [-0.1, -0.05) is 0 Å². The first kappa shape index (κ1) is 13.5. The van der Waals surface area contributed by atoms with Crippen LogP contribution in [-0.2, 0) is 4.79 Å². The van der Waals surface area contributed by atoms with E-state index >= 15 is 0 Å². The summed E-state index contributed by atoms with van der Waals surface area (Å²) in [5, 5.41) is 3.15. The predicted molar refractivity (Wildman–Crippen MR) is 66.2 cm³/mol. The third kappa shape index (κ3) is 3.76. The van der Waals surface area contributed by atoms with Gasteiger partial charge in [-0.3, -0.25) is 10.1 Å². The zero-order valence-corrected chi connectivity index (χ0v) is 11.0. The van der Waals surface area contributed by atoms with Crippen LogP contribution in [0.2, 0.25) is 0 Å². The van der Waals surface area contributed by atoms with E-state index in [9.17, 15) is 4.79 Å². The van der Waals surface area contributed by atoms with Gasteiger partial charge in [-0.2, -0.15) is 0 Å². The fourth-order valence-electron chi connectivity index (χ4n) is 1.88. The van der Waals surface area contributed by atoms with Crippen LogP contribution in [0.15, 0.2) is 0 Å².